The van der Waals surface area contributed by atoms with Gasteiger partial charge in [0, 0.05) is 5.88 Å². The fourth-order valence-electron chi connectivity index (χ4n) is 2.56. The Labute approximate surface area is 130 Å². The highest BCUT2D eigenvalue weighted by atomic mass is 35.5. The van der Waals surface area contributed by atoms with E-state index in [1.54, 1.807) is 0 Å². The molecule has 0 aliphatic heterocycles. The van der Waals surface area contributed by atoms with E-state index in [1.807, 2.05) is 0 Å². The largest absolute Gasteiger partial charge is 0.127 e. The number of aryl methyl sites for hydroxylation is 1. The summed E-state index contributed by atoms with van der Waals surface area (Å²) in [4.78, 5) is 0. The van der Waals surface area contributed by atoms with Crippen molar-refractivity contribution in [3.05, 3.63) is 35.4 Å². The number of unbranched alkanes of at least 4 members (excludes halogenated alkanes) is 6. The van der Waals surface area contributed by atoms with Gasteiger partial charge in [0.05, 0.1) is 0 Å². The summed E-state index contributed by atoms with van der Waals surface area (Å²) >= 11 is 5.67. The van der Waals surface area contributed by atoms with Crippen molar-refractivity contribution < 1.29 is 0 Å². The lowest BCUT2D eigenvalue weighted by molar-refractivity contribution is 0.590. The number of rotatable bonds is 11. The summed E-state index contributed by atoms with van der Waals surface area (Å²) in [6.45, 7) is 4.56. The fraction of sp³-hybridized carbons (Fsp3) is 0.684. The molecule has 1 aromatic carbocycles. The highest BCUT2D eigenvalue weighted by Gasteiger charge is 2.02. The quantitative estimate of drug-likeness (QED) is 0.314. The first-order valence-corrected chi connectivity index (χ1v) is 8.96. The first-order chi connectivity index (χ1) is 9.77. The van der Waals surface area contributed by atoms with E-state index in [4.69, 9.17) is 11.6 Å². The summed E-state index contributed by atoms with van der Waals surface area (Å²) in [5.74, 6) is 1.52. The molecule has 0 spiro atoms. The predicted molar refractivity (Wildman–Crippen MR) is 91.9 cm³/mol. The molecule has 0 nitrogen and oxygen atoms in total. The van der Waals surface area contributed by atoms with Crippen LogP contribution in [0.25, 0.3) is 0 Å². The van der Waals surface area contributed by atoms with Crippen molar-refractivity contribution in [2.24, 2.45) is 0 Å². The van der Waals surface area contributed by atoms with Crippen molar-refractivity contribution in [3.8, 4) is 0 Å². The van der Waals surface area contributed by atoms with Gasteiger partial charge in [-0.15, -0.1) is 11.6 Å². The summed E-state index contributed by atoms with van der Waals surface area (Å²) in [6, 6.07) is 9.27. The van der Waals surface area contributed by atoms with Crippen molar-refractivity contribution in [2.45, 2.75) is 77.6 Å². The van der Waals surface area contributed by atoms with Crippen molar-refractivity contribution in [3.63, 3.8) is 0 Å². The second-order valence-electron chi connectivity index (χ2n) is 5.96. The molecule has 0 aromatic heterocycles. The van der Waals surface area contributed by atoms with Crippen LogP contribution in [0.5, 0.6) is 0 Å². The first kappa shape index (κ1) is 17.6. The summed E-state index contributed by atoms with van der Waals surface area (Å²) in [7, 11) is 0. The molecule has 0 bridgehead atoms. The Balaban J connectivity index is 2.10. The van der Waals surface area contributed by atoms with Crippen molar-refractivity contribution >= 4 is 11.6 Å². The van der Waals surface area contributed by atoms with Gasteiger partial charge in [-0.05, 0) is 42.7 Å². The third-order valence-electron chi connectivity index (χ3n) is 4.26. The van der Waals surface area contributed by atoms with Gasteiger partial charge in [0.15, 0.2) is 0 Å². The monoisotopic (exact) mass is 294 g/mol. The van der Waals surface area contributed by atoms with Crippen LogP contribution < -0.4 is 0 Å². The predicted octanol–water partition coefficient (Wildman–Crippen LogP) is 6.71. The normalized spacial score (nSPS) is 12.6. The zero-order valence-corrected chi connectivity index (χ0v) is 14.1. The Kier molecular flexibility index (Phi) is 9.83. The molecule has 1 atom stereocenters. The SMILES string of the molecule is CCC(C)c1ccc(CCCCCCCCCCl)cc1. The number of alkyl halides is 1. The summed E-state index contributed by atoms with van der Waals surface area (Å²) in [6.07, 6.45) is 11.8. The van der Waals surface area contributed by atoms with Gasteiger partial charge in [-0.3, -0.25) is 0 Å². The highest BCUT2D eigenvalue weighted by molar-refractivity contribution is 6.17. The fourth-order valence-corrected chi connectivity index (χ4v) is 2.75. The molecule has 1 unspecified atom stereocenters. The molecule has 0 heterocycles. The maximum absolute atomic E-state index is 5.67. The van der Waals surface area contributed by atoms with Crippen LogP contribution in [0.3, 0.4) is 0 Å². The van der Waals surface area contributed by atoms with Crippen molar-refractivity contribution in [1.29, 1.82) is 0 Å². The van der Waals surface area contributed by atoms with Crippen LogP contribution in [0.15, 0.2) is 24.3 Å². The molecule has 0 aliphatic rings. The smallest absolute Gasteiger partial charge is 0.0223 e. The van der Waals surface area contributed by atoms with Gasteiger partial charge in [0.1, 0.15) is 0 Å². The Morgan fingerprint density at radius 1 is 0.850 bits per heavy atom. The second-order valence-corrected chi connectivity index (χ2v) is 6.34. The van der Waals surface area contributed by atoms with Gasteiger partial charge < -0.3 is 0 Å². The lowest BCUT2D eigenvalue weighted by Crippen LogP contribution is -1.92. The molecule has 1 aromatic rings. The molecule has 0 saturated carbocycles. The molecule has 0 radical (unpaired) electrons. The first-order valence-electron chi connectivity index (χ1n) is 8.42. The number of halogens is 1. The van der Waals surface area contributed by atoms with E-state index in [1.165, 1.54) is 68.9 Å². The minimum Gasteiger partial charge on any atom is -0.127 e. The van der Waals surface area contributed by atoms with E-state index in [-0.39, 0.29) is 0 Å². The molecule has 0 fully saturated rings. The van der Waals surface area contributed by atoms with Gasteiger partial charge in [0.2, 0.25) is 0 Å². The van der Waals surface area contributed by atoms with E-state index in [9.17, 15) is 0 Å². The Bertz CT molecular complexity index is 328. The lowest BCUT2D eigenvalue weighted by atomic mass is 9.96. The Morgan fingerprint density at radius 3 is 1.95 bits per heavy atom. The molecule has 0 saturated heterocycles. The molecule has 0 N–H and O–H groups in total. The van der Waals surface area contributed by atoms with Crippen LogP contribution in [0.2, 0.25) is 0 Å². The van der Waals surface area contributed by atoms with E-state index >= 15 is 0 Å². The summed E-state index contributed by atoms with van der Waals surface area (Å²) in [5, 5.41) is 0. The van der Waals surface area contributed by atoms with Gasteiger partial charge in [0.25, 0.3) is 0 Å². The Morgan fingerprint density at radius 2 is 1.40 bits per heavy atom. The molecule has 1 heteroatoms. The van der Waals surface area contributed by atoms with E-state index in [0.717, 1.165) is 5.88 Å². The van der Waals surface area contributed by atoms with E-state index in [2.05, 4.69) is 38.1 Å². The zero-order valence-electron chi connectivity index (χ0n) is 13.3. The van der Waals surface area contributed by atoms with Crippen LogP contribution in [0, 0.1) is 0 Å². The summed E-state index contributed by atoms with van der Waals surface area (Å²) < 4.78 is 0. The number of hydrogen-bond acceptors (Lipinski definition) is 0. The minimum atomic E-state index is 0.692. The van der Waals surface area contributed by atoms with Gasteiger partial charge in [-0.25, -0.2) is 0 Å². The molecule has 1 rings (SSSR count). The van der Waals surface area contributed by atoms with Crippen LogP contribution in [0.1, 0.15) is 82.3 Å². The van der Waals surface area contributed by atoms with Crippen LogP contribution in [-0.2, 0) is 6.42 Å². The minimum absolute atomic E-state index is 0.692. The Hall–Kier alpha value is -0.490. The second kappa shape index (κ2) is 11.2. The average Bonchev–Trinajstić information content (AvgIpc) is 2.50. The zero-order chi connectivity index (χ0) is 14.6. The third kappa shape index (κ3) is 7.33. The number of benzene rings is 1. The number of hydrogen-bond donors (Lipinski definition) is 0. The van der Waals surface area contributed by atoms with Crippen LogP contribution in [-0.4, -0.2) is 5.88 Å². The van der Waals surface area contributed by atoms with Crippen molar-refractivity contribution in [2.75, 3.05) is 5.88 Å². The topological polar surface area (TPSA) is 0 Å². The molecule has 0 aliphatic carbocycles. The maximum atomic E-state index is 5.67. The van der Waals surface area contributed by atoms with Gasteiger partial charge >= 0.3 is 0 Å². The third-order valence-corrected chi connectivity index (χ3v) is 4.53. The summed E-state index contributed by atoms with van der Waals surface area (Å²) in [5.41, 5.74) is 2.98. The molecular formula is C19H31Cl. The lowest BCUT2D eigenvalue weighted by Gasteiger charge is -2.09. The standard InChI is InChI=1S/C19H31Cl/c1-3-17(2)19-14-12-18(13-15-19)11-9-7-5-4-6-8-10-16-20/h12-15,17H,3-11,16H2,1-2H3. The molecule has 114 valence electrons. The van der Waals surface area contributed by atoms with Gasteiger partial charge in [-0.2, -0.15) is 0 Å². The highest BCUT2D eigenvalue weighted by Crippen LogP contribution is 2.19. The van der Waals surface area contributed by atoms with Crippen LogP contribution in [0.4, 0.5) is 0 Å². The van der Waals surface area contributed by atoms with Crippen LogP contribution >= 0.6 is 11.6 Å². The average molecular weight is 295 g/mol. The van der Waals surface area contributed by atoms with E-state index < -0.39 is 0 Å². The van der Waals surface area contributed by atoms with Gasteiger partial charge in [-0.1, -0.05) is 70.2 Å². The van der Waals surface area contributed by atoms with E-state index in [0.29, 0.717) is 5.92 Å². The molecule has 20 heavy (non-hydrogen) atoms. The van der Waals surface area contributed by atoms with Crippen molar-refractivity contribution in [1.82, 2.24) is 0 Å². The molecule has 0 amide bonds. The maximum Gasteiger partial charge on any atom is 0.0223 e. The molecular weight excluding hydrogens is 264 g/mol.